The Balaban J connectivity index is 1.63. The van der Waals surface area contributed by atoms with Gasteiger partial charge in [-0.3, -0.25) is 4.79 Å². The maximum absolute atomic E-state index is 14.3. The van der Waals surface area contributed by atoms with Gasteiger partial charge in [0, 0.05) is 38.3 Å². The van der Waals surface area contributed by atoms with Crippen molar-refractivity contribution in [1.82, 2.24) is 14.4 Å². The quantitative estimate of drug-likeness (QED) is 0.291. The summed E-state index contributed by atoms with van der Waals surface area (Å²) in [5, 5.41) is 21.3. The highest BCUT2D eigenvalue weighted by Gasteiger charge is 2.32. The van der Waals surface area contributed by atoms with Crippen LogP contribution in [0.1, 0.15) is 61.8 Å². The fourth-order valence-electron chi connectivity index (χ4n) is 5.32. The number of thiophene rings is 1. The number of likely N-dealkylation sites (N-methyl/N-ethyl adjacent to an activating group) is 1. The minimum Gasteiger partial charge on any atom is -0.490 e. The van der Waals surface area contributed by atoms with E-state index in [4.69, 9.17) is 14.0 Å². The van der Waals surface area contributed by atoms with E-state index in [1.807, 2.05) is 13.8 Å². The first-order valence-electron chi connectivity index (χ1n) is 15.7. The molecular formula is C32H45N5O8S2. The summed E-state index contributed by atoms with van der Waals surface area (Å²) in [6, 6.07) is 7.00. The summed E-state index contributed by atoms with van der Waals surface area (Å²) in [5.74, 6) is 0.0847. The average molecular weight is 692 g/mol. The van der Waals surface area contributed by atoms with E-state index in [1.165, 1.54) is 11.4 Å². The number of nitrogens with zero attached hydrogens (tertiary/aromatic N) is 3. The smallest absolute Gasteiger partial charge is 0.323 e. The van der Waals surface area contributed by atoms with Crippen molar-refractivity contribution in [3.63, 3.8) is 0 Å². The second kappa shape index (κ2) is 16.1. The van der Waals surface area contributed by atoms with Crippen molar-refractivity contribution in [3.05, 3.63) is 52.7 Å². The van der Waals surface area contributed by atoms with Crippen molar-refractivity contribution < 1.29 is 37.1 Å². The monoisotopic (exact) mass is 691 g/mol. The second-order valence-corrected chi connectivity index (χ2v) is 15.2. The van der Waals surface area contributed by atoms with Gasteiger partial charge in [-0.05, 0) is 76.6 Å². The Morgan fingerprint density at radius 1 is 1.21 bits per heavy atom. The van der Waals surface area contributed by atoms with Crippen LogP contribution in [0.25, 0.3) is 0 Å². The van der Waals surface area contributed by atoms with Crippen LogP contribution < -0.4 is 15.4 Å². The SMILES string of the molecule is Cc1noc(C)c1NC(=O)Nc1ccc2c(c1)C(=O)N([C@@H](C)CO)C[C@H](C)[C@@H](CN(C)S(=O)(=O)c1cccs1)OCCCC[C@H](C)O2. The van der Waals surface area contributed by atoms with Crippen molar-refractivity contribution >= 4 is 44.7 Å². The largest absolute Gasteiger partial charge is 0.490 e. The van der Waals surface area contributed by atoms with Crippen LogP contribution >= 0.6 is 11.3 Å². The minimum atomic E-state index is -3.72. The van der Waals surface area contributed by atoms with Crippen LogP contribution in [0.4, 0.5) is 16.2 Å². The molecule has 258 valence electrons. The molecule has 0 unspecified atom stereocenters. The third kappa shape index (κ3) is 9.11. The molecule has 0 saturated heterocycles. The first-order valence-corrected chi connectivity index (χ1v) is 18.0. The summed E-state index contributed by atoms with van der Waals surface area (Å²) in [4.78, 5) is 28.8. The number of aromatic nitrogens is 1. The number of ether oxygens (including phenoxy) is 2. The molecule has 15 heteroatoms. The van der Waals surface area contributed by atoms with E-state index < -0.39 is 34.1 Å². The average Bonchev–Trinajstić information content (AvgIpc) is 3.69. The number of hydrogen-bond acceptors (Lipinski definition) is 10. The molecular weight excluding hydrogens is 647 g/mol. The number of carbonyl (C=O) groups is 2. The summed E-state index contributed by atoms with van der Waals surface area (Å²) in [6.45, 7) is 9.33. The molecule has 3 heterocycles. The predicted molar refractivity (Wildman–Crippen MR) is 180 cm³/mol. The van der Waals surface area contributed by atoms with E-state index in [1.54, 1.807) is 61.4 Å². The van der Waals surface area contributed by atoms with Gasteiger partial charge in [-0.25, -0.2) is 13.2 Å². The fourth-order valence-corrected chi connectivity index (χ4v) is 7.70. The lowest BCUT2D eigenvalue weighted by Crippen LogP contribution is -2.48. The van der Waals surface area contributed by atoms with E-state index in [2.05, 4.69) is 15.8 Å². The number of nitrogens with one attached hydrogen (secondary N) is 2. The first kappa shape index (κ1) is 36.3. The van der Waals surface area contributed by atoms with Crippen LogP contribution in [0.15, 0.2) is 44.4 Å². The van der Waals surface area contributed by atoms with Gasteiger partial charge in [0.2, 0.25) is 0 Å². The Hall–Kier alpha value is -3.50. The standard InChI is InChI=1S/C32H45N5O8S2/c1-20-17-37(21(2)19-38)31(39)26-16-25(33-32(40)34-30-23(4)35-45-24(30)5)12-13-27(26)44-22(3)10-7-8-14-43-28(20)18-36(6)47(41,42)29-11-9-15-46-29/h9,11-13,15-16,20-22,28,38H,7-8,10,14,17-19H2,1-6H3,(H2,33,34,40)/t20-,21-,22-,28+/m0/s1. The van der Waals surface area contributed by atoms with Gasteiger partial charge in [0.05, 0.1) is 30.4 Å². The van der Waals surface area contributed by atoms with Crippen LogP contribution in [0.2, 0.25) is 0 Å². The molecule has 0 fully saturated rings. The highest BCUT2D eigenvalue weighted by atomic mass is 32.2. The highest BCUT2D eigenvalue weighted by molar-refractivity contribution is 7.91. The third-order valence-corrected chi connectivity index (χ3v) is 11.4. The molecule has 13 nitrogen and oxygen atoms in total. The molecule has 0 radical (unpaired) electrons. The summed E-state index contributed by atoms with van der Waals surface area (Å²) >= 11 is 1.15. The number of urea groups is 1. The van der Waals surface area contributed by atoms with Gasteiger partial charge in [0.25, 0.3) is 15.9 Å². The number of carbonyl (C=O) groups excluding carboxylic acids is 2. The van der Waals surface area contributed by atoms with Crippen molar-refractivity contribution in [1.29, 1.82) is 0 Å². The zero-order valence-electron chi connectivity index (χ0n) is 27.7. The van der Waals surface area contributed by atoms with Gasteiger partial charge in [-0.2, -0.15) is 4.31 Å². The van der Waals surface area contributed by atoms with Gasteiger partial charge in [0.1, 0.15) is 21.3 Å². The van der Waals surface area contributed by atoms with Crippen LogP contribution in [-0.2, 0) is 14.8 Å². The lowest BCUT2D eigenvalue weighted by molar-refractivity contribution is -0.00832. The van der Waals surface area contributed by atoms with E-state index in [0.717, 1.165) is 24.2 Å². The topological polar surface area (TPSA) is 164 Å². The second-order valence-electron chi connectivity index (χ2n) is 12.0. The lowest BCUT2D eigenvalue weighted by Gasteiger charge is -2.35. The molecule has 0 aliphatic carbocycles. The van der Waals surface area contributed by atoms with Crippen LogP contribution in [0.5, 0.6) is 5.75 Å². The number of aryl methyl sites for hydroxylation is 2. The van der Waals surface area contributed by atoms with E-state index in [0.29, 0.717) is 41.6 Å². The maximum Gasteiger partial charge on any atom is 0.323 e. The molecule has 3 N–H and O–H groups in total. The summed E-state index contributed by atoms with van der Waals surface area (Å²) < 4.78 is 45.7. The number of fused-ring (bicyclic) bond motifs is 1. The number of rotatable bonds is 8. The molecule has 0 spiro atoms. The van der Waals surface area contributed by atoms with Gasteiger partial charge in [-0.1, -0.05) is 18.1 Å². The van der Waals surface area contributed by atoms with E-state index in [-0.39, 0.29) is 41.5 Å². The zero-order valence-corrected chi connectivity index (χ0v) is 29.3. The van der Waals surface area contributed by atoms with Crippen LogP contribution in [-0.4, -0.2) is 91.4 Å². The Morgan fingerprint density at radius 2 is 1.98 bits per heavy atom. The number of anilines is 2. The summed E-state index contributed by atoms with van der Waals surface area (Å²) in [5.41, 5.74) is 1.55. The molecule has 3 aromatic rings. The van der Waals surface area contributed by atoms with Crippen molar-refractivity contribution in [2.24, 2.45) is 5.92 Å². The number of aliphatic hydroxyl groups is 1. The van der Waals surface area contributed by atoms with E-state index in [9.17, 15) is 23.1 Å². The normalized spacial score (nSPS) is 20.6. The fraction of sp³-hybridized carbons (Fsp3) is 0.531. The summed E-state index contributed by atoms with van der Waals surface area (Å²) in [6.07, 6.45) is 1.47. The molecule has 3 amide bonds. The Bertz CT molecular complexity index is 1590. The van der Waals surface area contributed by atoms with Gasteiger partial charge in [-0.15, -0.1) is 11.3 Å². The Labute approximate surface area is 280 Å². The van der Waals surface area contributed by atoms with Gasteiger partial charge in [0.15, 0.2) is 5.76 Å². The molecule has 0 bridgehead atoms. The first-order chi connectivity index (χ1) is 22.3. The van der Waals surface area contributed by atoms with Crippen molar-refractivity contribution in [2.45, 2.75) is 76.3 Å². The molecule has 1 aromatic carbocycles. The Morgan fingerprint density at radius 3 is 2.64 bits per heavy atom. The molecule has 4 atom stereocenters. The molecule has 4 rings (SSSR count). The summed E-state index contributed by atoms with van der Waals surface area (Å²) in [7, 11) is -2.19. The molecule has 1 aliphatic rings. The number of hydrogen-bond donors (Lipinski definition) is 3. The van der Waals surface area contributed by atoms with Crippen molar-refractivity contribution in [2.75, 3.05) is 44.0 Å². The number of amides is 3. The minimum absolute atomic E-state index is 0.0847. The number of sulfonamides is 1. The molecule has 47 heavy (non-hydrogen) atoms. The lowest BCUT2D eigenvalue weighted by atomic mass is 10.0. The molecule has 0 saturated carbocycles. The van der Waals surface area contributed by atoms with E-state index >= 15 is 0 Å². The number of benzene rings is 1. The molecule has 1 aliphatic heterocycles. The predicted octanol–water partition coefficient (Wildman–Crippen LogP) is 5.11. The van der Waals surface area contributed by atoms with Crippen LogP contribution in [0.3, 0.4) is 0 Å². The van der Waals surface area contributed by atoms with Crippen LogP contribution in [0, 0.1) is 19.8 Å². The van der Waals surface area contributed by atoms with Gasteiger partial charge < -0.3 is 34.6 Å². The Kier molecular flexibility index (Phi) is 12.4. The third-order valence-electron chi connectivity index (χ3n) is 8.18. The molecule has 2 aromatic heterocycles. The van der Waals surface area contributed by atoms with Gasteiger partial charge >= 0.3 is 6.03 Å². The number of aliphatic hydroxyl groups excluding tert-OH is 1. The van der Waals surface area contributed by atoms with Crippen molar-refractivity contribution in [3.8, 4) is 5.75 Å². The zero-order chi connectivity index (χ0) is 34.3. The maximum atomic E-state index is 14.3. The highest BCUT2D eigenvalue weighted by Crippen LogP contribution is 2.29.